The third-order valence-corrected chi connectivity index (χ3v) is 3.32. The van der Waals surface area contributed by atoms with Crippen molar-refractivity contribution >= 4 is 5.97 Å². The molecule has 2 heteroatoms. The Morgan fingerprint density at radius 1 is 0.938 bits per heavy atom. The van der Waals surface area contributed by atoms with Crippen LogP contribution in [-0.4, -0.2) is 11.1 Å². The van der Waals surface area contributed by atoms with Crippen LogP contribution in [0.1, 0.15) is 72.1 Å². The van der Waals surface area contributed by atoms with Gasteiger partial charge in [0.25, 0.3) is 0 Å². The van der Waals surface area contributed by atoms with Crippen LogP contribution in [0.15, 0.2) is 0 Å². The monoisotopic (exact) mass is 228 g/mol. The molecule has 2 nitrogen and oxygen atoms in total. The second-order valence-corrected chi connectivity index (χ2v) is 4.78. The molecule has 0 spiro atoms. The van der Waals surface area contributed by atoms with Gasteiger partial charge in [-0.1, -0.05) is 52.9 Å². The third-order valence-electron chi connectivity index (χ3n) is 3.32. The lowest BCUT2D eigenvalue weighted by atomic mass is 9.82. The van der Waals surface area contributed by atoms with Crippen molar-refractivity contribution < 1.29 is 9.90 Å². The predicted octanol–water partition coefficient (Wildman–Crippen LogP) is 4.48. The van der Waals surface area contributed by atoms with E-state index < -0.39 is 5.97 Å². The van der Waals surface area contributed by atoms with Gasteiger partial charge in [-0.05, 0) is 25.2 Å². The molecule has 0 saturated heterocycles. The summed E-state index contributed by atoms with van der Waals surface area (Å²) in [5.41, 5.74) is 0. The van der Waals surface area contributed by atoms with E-state index in [9.17, 15) is 9.90 Å². The Kier molecular flexibility index (Phi) is 9.36. The van der Waals surface area contributed by atoms with E-state index in [-0.39, 0.29) is 5.92 Å². The number of hydrogen-bond acceptors (Lipinski definition) is 1. The zero-order chi connectivity index (χ0) is 12.4. The van der Waals surface area contributed by atoms with Gasteiger partial charge in [-0.15, -0.1) is 0 Å². The molecule has 0 aliphatic carbocycles. The minimum absolute atomic E-state index is 0.105. The third kappa shape index (κ3) is 6.14. The molecular weight excluding hydrogens is 200 g/mol. The topological polar surface area (TPSA) is 37.3 Å². The van der Waals surface area contributed by atoms with Crippen LogP contribution >= 0.6 is 0 Å². The number of carboxylic acid groups (broad SMARTS) is 1. The summed E-state index contributed by atoms with van der Waals surface area (Å²) < 4.78 is 0. The molecule has 0 rings (SSSR count). The first-order valence-corrected chi connectivity index (χ1v) is 6.90. The summed E-state index contributed by atoms with van der Waals surface area (Å²) in [4.78, 5) is 11.3. The number of unbranched alkanes of at least 4 members (excludes halogenated alkanes) is 2. The fourth-order valence-corrected chi connectivity index (χ4v) is 2.46. The van der Waals surface area contributed by atoms with Crippen LogP contribution in [-0.2, 0) is 4.79 Å². The smallest absolute Gasteiger partial charge is 0.306 e. The summed E-state index contributed by atoms with van der Waals surface area (Å²) in [7, 11) is 0. The molecule has 0 aromatic carbocycles. The summed E-state index contributed by atoms with van der Waals surface area (Å²) in [6.07, 6.45) is 8.59. The summed E-state index contributed by atoms with van der Waals surface area (Å²) in [6.45, 7) is 6.45. The highest BCUT2D eigenvalue weighted by molar-refractivity contribution is 5.70. The van der Waals surface area contributed by atoms with E-state index in [0.717, 1.165) is 44.9 Å². The van der Waals surface area contributed by atoms with Crippen molar-refractivity contribution in [3.05, 3.63) is 0 Å². The van der Waals surface area contributed by atoms with Crippen LogP contribution < -0.4 is 0 Å². The number of rotatable bonds is 10. The molecule has 16 heavy (non-hydrogen) atoms. The molecule has 96 valence electrons. The van der Waals surface area contributed by atoms with Gasteiger partial charge in [0.15, 0.2) is 0 Å². The van der Waals surface area contributed by atoms with E-state index in [1.807, 2.05) is 0 Å². The van der Waals surface area contributed by atoms with Crippen molar-refractivity contribution in [2.75, 3.05) is 0 Å². The van der Waals surface area contributed by atoms with Crippen LogP contribution in [0, 0.1) is 11.8 Å². The molecule has 1 N–H and O–H groups in total. The van der Waals surface area contributed by atoms with Crippen molar-refractivity contribution in [3.8, 4) is 0 Å². The quantitative estimate of drug-likeness (QED) is 0.560. The van der Waals surface area contributed by atoms with Crippen molar-refractivity contribution in [3.63, 3.8) is 0 Å². The van der Waals surface area contributed by atoms with E-state index in [1.54, 1.807) is 0 Å². The molecule has 0 aromatic rings. The standard InChI is InChI=1S/C14H28O2/c1-4-7-8-11-13(14(15)16)12(9-5-2)10-6-3/h12-13H,4-11H2,1-3H3,(H,15,16). The minimum Gasteiger partial charge on any atom is -0.481 e. The van der Waals surface area contributed by atoms with Crippen LogP contribution in [0.3, 0.4) is 0 Å². The Balaban J connectivity index is 4.26. The summed E-state index contributed by atoms with van der Waals surface area (Å²) in [5.74, 6) is -0.293. The molecule has 0 fully saturated rings. The maximum atomic E-state index is 11.3. The molecule has 1 unspecified atom stereocenters. The molecule has 0 aliphatic heterocycles. The van der Waals surface area contributed by atoms with Crippen molar-refractivity contribution in [1.29, 1.82) is 0 Å². The molecule has 0 bridgehead atoms. The maximum Gasteiger partial charge on any atom is 0.306 e. The average molecular weight is 228 g/mol. The van der Waals surface area contributed by atoms with E-state index in [2.05, 4.69) is 20.8 Å². The van der Waals surface area contributed by atoms with Crippen LogP contribution in [0.4, 0.5) is 0 Å². The van der Waals surface area contributed by atoms with Crippen LogP contribution in [0.25, 0.3) is 0 Å². The number of carbonyl (C=O) groups is 1. The number of carboxylic acids is 1. The fourth-order valence-electron chi connectivity index (χ4n) is 2.46. The molecule has 0 heterocycles. The van der Waals surface area contributed by atoms with Crippen molar-refractivity contribution in [2.24, 2.45) is 11.8 Å². The Morgan fingerprint density at radius 2 is 1.50 bits per heavy atom. The van der Waals surface area contributed by atoms with Crippen LogP contribution in [0.2, 0.25) is 0 Å². The number of hydrogen-bond donors (Lipinski definition) is 1. The van der Waals surface area contributed by atoms with E-state index >= 15 is 0 Å². The first-order valence-electron chi connectivity index (χ1n) is 6.90. The highest BCUT2D eigenvalue weighted by atomic mass is 16.4. The highest BCUT2D eigenvalue weighted by Crippen LogP contribution is 2.27. The Bertz CT molecular complexity index is 172. The second-order valence-electron chi connectivity index (χ2n) is 4.78. The van der Waals surface area contributed by atoms with Gasteiger partial charge in [0.2, 0.25) is 0 Å². The predicted molar refractivity (Wildman–Crippen MR) is 68.6 cm³/mol. The van der Waals surface area contributed by atoms with Gasteiger partial charge in [0.1, 0.15) is 0 Å². The summed E-state index contributed by atoms with van der Waals surface area (Å²) in [5, 5.41) is 9.30. The average Bonchev–Trinajstić information content (AvgIpc) is 2.24. The van der Waals surface area contributed by atoms with Gasteiger partial charge in [0.05, 0.1) is 5.92 Å². The molecule has 0 aromatic heterocycles. The Morgan fingerprint density at radius 3 is 1.88 bits per heavy atom. The van der Waals surface area contributed by atoms with E-state index in [1.165, 1.54) is 6.42 Å². The normalized spacial score (nSPS) is 13.0. The van der Waals surface area contributed by atoms with Crippen molar-refractivity contribution in [2.45, 2.75) is 72.1 Å². The van der Waals surface area contributed by atoms with Gasteiger partial charge in [-0.2, -0.15) is 0 Å². The maximum absolute atomic E-state index is 11.3. The van der Waals surface area contributed by atoms with Gasteiger partial charge in [0, 0.05) is 0 Å². The van der Waals surface area contributed by atoms with E-state index in [4.69, 9.17) is 0 Å². The highest BCUT2D eigenvalue weighted by Gasteiger charge is 2.25. The molecule has 0 amide bonds. The first-order chi connectivity index (χ1) is 7.67. The Labute approximate surface area is 100 Å². The lowest BCUT2D eigenvalue weighted by Gasteiger charge is -2.23. The Hall–Kier alpha value is -0.530. The van der Waals surface area contributed by atoms with Gasteiger partial charge < -0.3 is 5.11 Å². The molecule has 1 atom stereocenters. The zero-order valence-electron chi connectivity index (χ0n) is 11.2. The summed E-state index contributed by atoms with van der Waals surface area (Å²) in [6, 6.07) is 0. The molecular formula is C14H28O2. The SMILES string of the molecule is CCCCCC(C(=O)O)C(CCC)CCC. The van der Waals surface area contributed by atoms with Gasteiger partial charge in [-0.25, -0.2) is 0 Å². The van der Waals surface area contributed by atoms with Gasteiger partial charge in [-0.3, -0.25) is 4.79 Å². The second kappa shape index (κ2) is 9.68. The zero-order valence-corrected chi connectivity index (χ0v) is 11.2. The molecule has 0 radical (unpaired) electrons. The largest absolute Gasteiger partial charge is 0.481 e. The summed E-state index contributed by atoms with van der Waals surface area (Å²) >= 11 is 0. The molecule has 0 aliphatic rings. The fraction of sp³-hybridized carbons (Fsp3) is 0.929. The van der Waals surface area contributed by atoms with Gasteiger partial charge >= 0.3 is 5.97 Å². The van der Waals surface area contributed by atoms with E-state index in [0.29, 0.717) is 5.92 Å². The lowest BCUT2D eigenvalue weighted by Crippen LogP contribution is -2.23. The minimum atomic E-state index is -0.581. The molecule has 0 saturated carbocycles. The number of aliphatic carboxylic acids is 1. The van der Waals surface area contributed by atoms with Crippen molar-refractivity contribution in [1.82, 2.24) is 0 Å². The van der Waals surface area contributed by atoms with Crippen LogP contribution in [0.5, 0.6) is 0 Å². The lowest BCUT2D eigenvalue weighted by molar-refractivity contribution is -0.144. The first kappa shape index (κ1) is 15.5.